The van der Waals surface area contributed by atoms with Crippen molar-refractivity contribution in [2.75, 3.05) is 18.1 Å². The average molecular weight is 263 g/mol. The standard InChI is InChI=1S/C13H17N3OS/c1-8-7-18-13-11(8)12(14-9(2)15-13)16(5-6-17)10-3-4-10/h7,10,17H,3-6H2,1-2H3. The van der Waals surface area contributed by atoms with Crippen LogP contribution in [0.15, 0.2) is 5.38 Å². The summed E-state index contributed by atoms with van der Waals surface area (Å²) in [6.07, 6.45) is 2.40. The Morgan fingerprint density at radius 1 is 1.39 bits per heavy atom. The van der Waals surface area contributed by atoms with Crippen LogP contribution in [-0.2, 0) is 0 Å². The van der Waals surface area contributed by atoms with E-state index in [1.165, 1.54) is 18.4 Å². The Bertz CT molecular complexity index is 577. The van der Waals surface area contributed by atoms with E-state index in [2.05, 4.69) is 27.2 Å². The minimum atomic E-state index is 0.171. The lowest BCUT2D eigenvalue weighted by molar-refractivity contribution is 0.301. The van der Waals surface area contributed by atoms with Crippen LogP contribution >= 0.6 is 11.3 Å². The molecule has 18 heavy (non-hydrogen) atoms. The predicted octanol–water partition coefficient (Wildman–Crippen LogP) is 2.27. The lowest BCUT2D eigenvalue weighted by Gasteiger charge is -2.23. The fourth-order valence-electron chi connectivity index (χ4n) is 2.33. The molecule has 1 N–H and O–H groups in total. The molecule has 1 aliphatic rings. The topological polar surface area (TPSA) is 49.2 Å². The second-order valence-corrected chi connectivity index (χ2v) is 5.70. The maximum absolute atomic E-state index is 9.25. The molecule has 4 nitrogen and oxygen atoms in total. The molecule has 0 saturated heterocycles. The van der Waals surface area contributed by atoms with Crippen LogP contribution in [0.2, 0.25) is 0 Å². The quantitative estimate of drug-likeness (QED) is 0.919. The van der Waals surface area contributed by atoms with Crippen LogP contribution in [0.1, 0.15) is 24.2 Å². The number of aliphatic hydroxyl groups is 1. The third kappa shape index (κ3) is 1.97. The van der Waals surface area contributed by atoms with Gasteiger partial charge >= 0.3 is 0 Å². The first-order chi connectivity index (χ1) is 8.70. The third-order valence-electron chi connectivity index (χ3n) is 3.31. The maximum Gasteiger partial charge on any atom is 0.141 e. The summed E-state index contributed by atoms with van der Waals surface area (Å²) in [5.74, 6) is 1.82. The molecule has 2 aromatic rings. The summed E-state index contributed by atoms with van der Waals surface area (Å²) in [5.41, 5.74) is 1.23. The highest BCUT2D eigenvalue weighted by Crippen LogP contribution is 2.37. The molecule has 0 spiro atoms. The molecule has 0 atom stereocenters. The molecular formula is C13H17N3OS. The molecule has 3 rings (SSSR count). The zero-order valence-corrected chi connectivity index (χ0v) is 11.5. The molecule has 0 aromatic carbocycles. The van der Waals surface area contributed by atoms with Crippen molar-refractivity contribution in [2.24, 2.45) is 0 Å². The van der Waals surface area contributed by atoms with E-state index in [4.69, 9.17) is 0 Å². The summed E-state index contributed by atoms with van der Waals surface area (Å²) in [7, 11) is 0. The van der Waals surface area contributed by atoms with Crippen molar-refractivity contribution in [1.29, 1.82) is 0 Å². The zero-order valence-electron chi connectivity index (χ0n) is 10.7. The van der Waals surface area contributed by atoms with Crippen LogP contribution in [-0.4, -0.2) is 34.3 Å². The van der Waals surface area contributed by atoms with Crippen LogP contribution in [0.3, 0.4) is 0 Å². The molecule has 0 unspecified atom stereocenters. The van der Waals surface area contributed by atoms with Gasteiger partial charge in [-0.1, -0.05) is 0 Å². The van der Waals surface area contributed by atoms with Gasteiger partial charge in [-0.15, -0.1) is 11.3 Å². The highest BCUT2D eigenvalue weighted by molar-refractivity contribution is 7.17. The molecule has 5 heteroatoms. The van der Waals surface area contributed by atoms with E-state index in [0.29, 0.717) is 12.6 Å². The number of rotatable bonds is 4. The molecular weight excluding hydrogens is 246 g/mol. The van der Waals surface area contributed by atoms with E-state index in [0.717, 1.165) is 21.9 Å². The summed E-state index contributed by atoms with van der Waals surface area (Å²) in [5, 5.41) is 12.5. The normalized spacial score (nSPS) is 15.3. The van der Waals surface area contributed by atoms with Gasteiger partial charge in [0.15, 0.2) is 0 Å². The molecule has 2 heterocycles. The largest absolute Gasteiger partial charge is 0.395 e. The van der Waals surface area contributed by atoms with E-state index in [9.17, 15) is 5.11 Å². The highest BCUT2D eigenvalue weighted by atomic mass is 32.1. The second-order valence-electron chi connectivity index (χ2n) is 4.84. The Labute approximate surface area is 110 Å². The molecule has 1 fully saturated rings. The van der Waals surface area contributed by atoms with E-state index in [1.54, 1.807) is 11.3 Å². The average Bonchev–Trinajstić information content (AvgIpc) is 3.11. The molecule has 1 aliphatic carbocycles. The Hall–Kier alpha value is -1.20. The number of aliphatic hydroxyl groups excluding tert-OH is 1. The van der Waals surface area contributed by atoms with Crippen molar-refractivity contribution >= 4 is 27.4 Å². The van der Waals surface area contributed by atoms with Crippen molar-refractivity contribution in [3.05, 3.63) is 16.8 Å². The maximum atomic E-state index is 9.25. The van der Waals surface area contributed by atoms with Gasteiger partial charge in [-0.3, -0.25) is 0 Å². The fraction of sp³-hybridized carbons (Fsp3) is 0.538. The number of aryl methyl sites for hydroxylation is 2. The summed E-state index contributed by atoms with van der Waals surface area (Å²) in [6.45, 7) is 4.86. The summed E-state index contributed by atoms with van der Waals surface area (Å²) in [6, 6.07) is 0.550. The van der Waals surface area contributed by atoms with Gasteiger partial charge in [0.05, 0.1) is 12.0 Å². The van der Waals surface area contributed by atoms with Crippen molar-refractivity contribution in [1.82, 2.24) is 9.97 Å². The third-order valence-corrected chi connectivity index (χ3v) is 4.30. The van der Waals surface area contributed by atoms with E-state index in [1.807, 2.05) is 6.92 Å². The molecule has 0 amide bonds. The number of hydrogen-bond donors (Lipinski definition) is 1. The SMILES string of the molecule is Cc1nc(N(CCO)C2CC2)c2c(C)csc2n1. The van der Waals surface area contributed by atoms with E-state index < -0.39 is 0 Å². The molecule has 0 aliphatic heterocycles. The number of aromatic nitrogens is 2. The Balaban J connectivity index is 2.15. The first-order valence-corrected chi connectivity index (χ1v) is 7.18. The summed E-state index contributed by atoms with van der Waals surface area (Å²) in [4.78, 5) is 12.4. The Kier molecular flexibility index (Phi) is 2.95. The van der Waals surface area contributed by atoms with Crippen molar-refractivity contribution in [3.8, 4) is 0 Å². The van der Waals surface area contributed by atoms with Crippen LogP contribution in [0.4, 0.5) is 5.82 Å². The number of anilines is 1. The van der Waals surface area contributed by atoms with Crippen molar-refractivity contribution < 1.29 is 5.11 Å². The van der Waals surface area contributed by atoms with Gasteiger partial charge in [-0.2, -0.15) is 0 Å². The van der Waals surface area contributed by atoms with Crippen LogP contribution < -0.4 is 4.90 Å². The minimum absolute atomic E-state index is 0.171. The van der Waals surface area contributed by atoms with Crippen molar-refractivity contribution in [2.45, 2.75) is 32.7 Å². The minimum Gasteiger partial charge on any atom is -0.395 e. The van der Waals surface area contributed by atoms with Gasteiger partial charge in [-0.05, 0) is 37.6 Å². The van der Waals surface area contributed by atoms with E-state index in [-0.39, 0.29) is 6.61 Å². The van der Waals surface area contributed by atoms with Crippen LogP contribution in [0.25, 0.3) is 10.2 Å². The number of fused-ring (bicyclic) bond motifs is 1. The first kappa shape index (κ1) is 11.9. The smallest absolute Gasteiger partial charge is 0.141 e. The fourth-order valence-corrected chi connectivity index (χ4v) is 3.29. The monoisotopic (exact) mass is 263 g/mol. The number of nitrogens with zero attached hydrogens (tertiary/aromatic N) is 3. The van der Waals surface area contributed by atoms with E-state index >= 15 is 0 Å². The predicted molar refractivity (Wildman–Crippen MR) is 74.3 cm³/mol. The molecule has 0 bridgehead atoms. The van der Waals surface area contributed by atoms with Gasteiger partial charge in [-0.25, -0.2) is 9.97 Å². The van der Waals surface area contributed by atoms with Crippen LogP contribution in [0.5, 0.6) is 0 Å². The number of thiophene rings is 1. The van der Waals surface area contributed by atoms with Gasteiger partial charge in [0.25, 0.3) is 0 Å². The first-order valence-electron chi connectivity index (χ1n) is 6.30. The van der Waals surface area contributed by atoms with Gasteiger partial charge in [0, 0.05) is 12.6 Å². The molecule has 0 radical (unpaired) electrons. The lowest BCUT2D eigenvalue weighted by atomic mass is 10.2. The molecule has 2 aromatic heterocycles. The molecule has 96 valence electrons. The van der Waals surface area contributed by atoms with Crippen LogP contribution in [0, 0.1) is 13.8 Å². The Morgan fingerprint density at radius 2 is 2.17 bits per heavy atom. The summed E-state index contributed by atoms with van der Waals surface area (Å²) >= 11 is 1.67. The van der Waals surface area contributed by atoms with Gasteiger partial charge < -0.3 is 10.0 Å². The molecule has 1 saturated carbocycles. The van der Waals surface area contributed by atoms with Gasteiger partial charge in [0.1, 0.15) is 16.5 Å². The van der Waals surface area contributed by atoms with Gasteiger partial charge in [0.2, 0.25) is 0 Å². The van der Waals surface area contributed by atoms with Crippen molar-refractivity contribution in [3.63, 3.8) is 0 Å². The second kappa shape index (κ2) is 4.48. The Morgan fingerprint density at radius 3 is 2.83 bits per heavy atom. The highest BCUT2D eigenvalue weighted by Gasteiger charge is 2.31. The summed E-state index contributed by atoms with van der Waals surface area (Å²) < 4.78 is 0. The zero-order chi connectivity index (χ0) is 12.7. The lowest BCUT2D eigenvalue weighted by Crippen LogP contribution is -2.30. The number of hydrogen-bond acceptors (Lipinski definition) is 5.